The van der Waals surface area contributed by atoms with Gasteiger partial charge in [-0.1, -0.05) is 12.1 Å². The van der Waals surface area contributed by atoms with Crippen molar-refractivity contribution in [2.45, 2.75) is 26.8 Å². The van der Waals surface area contributed by atoms with Crippen molar-refractivity contribution in [2.24, 2.45) is 0 Å². The zero-order valence-electron chi connectivity index (χ0n) is 17.7. The van der Waals surface area contributed by atoms with Gasteiger partial charge in [0.15, 0.2) is 0 Å². The summed E-state index contributed by atoms with van der Waals surface area (Å²) in [6, 6.07) is 13.3. The second-order valence-corrected chi connectivity index (χ2v) is 7.03. The summed E-state index contributed by atoms with van der Waals surface area (Å²) < 4.78 is 11.7. The number of nitrogens with one attached hydrogen (secondary N) is 1. The van der Waals surface area contributed by atoms with Gasteiger partial charge in [0.05, 0.1) is 25.6 Å². The number of aryl methyl sites for hydroxylation is 2. The maximum atomic E-state index is 12.8. The summed E-state index contributed by atoms with van der Waals surface area (Å²) in [7, 11) is 3.06. The van der Waals surface area contributed by atoms with Gasteiger partial charge in [-0.05, 0) is 56.2 Å². The molecule has 0 spiro atoms. The van der Waals surface area contributed by atoms with Crippen LogP contribution in [0, 0.1) is 13.8 Å². The third-order valence-corrected chi connectivity index (χ3v) is 5.04. The summed E-state index contributed by atoms with van der Waals surface area (Å²) >= 11 is 0. The minimum atomic E-state index is -0.823. The van der Waals surface area contributed by atoms with Crippen molar-refractivity contribution in [3.8, 4) is 22.8 Å². The van der Waals surface area contributed by atoms with Crippen molar-refractivity contribution in [3.05, 3.63) is 70.0 Å². The predicted molar refractivity (Wildman–Crippen MR) is 116 cm³/mol. The highest BCUT2D eigenvalue weighted by Gasteiger charge is 2.20. The average Bonchev–Trinajstić information content (AvgIpc) is 2.75. The fraction of sp³-hybridized carbons (Fsp3) is 0.261. The van der Waals surface area contributed by atoms with Gasteiger partial charge in [0.2, 0.25) is 5.91 Å². The summed E-state index contributed by atoms with van der Waals surface area (Å²) in [6.07, 6.45) is 0. The smallest absolute Gasteiger partial charge is 0.267 e. The Hall–Kier alpha value is -3.61. The summed E-state index contributed by atoms with van der Waals surface area (Å²) in [4.78, 5) is 25.2. The van der Waals surface area contributed by atoms with E-state index in [1.54, 1.807) is 38.3 Å². The van der Waals surface area contributed by atoms with Gasteiger partial charge in [-0.15, -0.1) is 0 Å². The number of ether oxygens (including phenoxy) is 2. The van der Waals surface area contributed by atoms with Crippen LogP contribution in [0.3, 0.4) is 0 Å². The SMILES string of the molecule is COc1ccc(NC(=O)C(C)n2nc(-c3ccc(C)c(C)c3)ccc2=O)c(OC)c1. The molecule has 2 aromatic carbocycles. The lowest BCUT2D eigenvalue weighted by atomic mass is 10.0. The van der Waals surface area contributed by atoms with E-state index in [1.165, 1.54) is 23.4 Å². The van der Waals surface area contributed by atoms with Gasteiger partial charge in [0.25, 0.3) is 5.56 Å². The van der Waals surface area contributed by atoms with Gasteiger partial charge >= 0.3 is 0 Å². The number of benzene rings is 2. The lowest BCUT2D eigenvalue weighted by Crippen LogP contribution is -2.33. The zero-order valence-corrected chi connectivity index (χ0v) is 17.7. The van der Waals surface area contributed by atoms with Crippen LogP contribution in [0.1, 0.15) is 24.1 Å². The van der Waals surface area contributed by atoms with Crippen LogP contribution < -0.4 is 20.3 Å². The molecule has 0 aliphatic rings. The molecule has 1 aromatic heterocycles. The molecule has 0 aliphatic carbocycles. The number of hydrogen-bond donors (Lipinski definition) is 1. The van der Waals surface area contributed by atoms with Crippen molar-refractivity contribution >= 4 is 11.6 Å². The van der Waals surface area contributed by atoms with E-state index >= 15 is 0 Å². The third kappa shape index (κ3) is 4.35. The lowest BCUT2D eigenvalue weighted by Gasteiger charge is -2.17. The molecular formula is C23H25N3O4. The summed E-state index contributed by atoms with van der Waals surface area (Å²) in [5.74, 6) is 0.682. The van der Waals surface area contributed by atoms with E-state index in [1.807, 2.05) is 32.0 Å². The molecule has 3 rings (SSSR count). The number of nitrogens with zero attached hydrogens (tertiary/aromatic N) is 2. The highest BCUT2D eigenvalue weighted by atomic mass is 16.5. The van der Waals surface area contributed by atoms with Crippen LogP contribution in [0.5, 0.6) is 11.5 Å². The molecule has 0 bridgehead atoms. The number of aromatic nitrogens is 2. The largest absolute Gasteiger partial charge is 0.497 e. The Balaban J connectivity index is 1.89. The number of rotatable bonds is 6. The number of carbonyl (C=O) groups excluding carboxylic acids is 1. The zero-order chi connectivity index (χ0) is 21.8. The van der Waals surface area contributed by atoms with E-state index in [4.69, 9.17) is 9.47 Å². The Bertz CT molecular complexity index is 1140. The first-order chi connectivity index (χ1) is 14.3. The third-order valence-electron chi connectivity index (χ3n) is 5.04. The van der Waals surface area contributed by atoms with E-state index in [9.17, 15) is 9.59 Å². The summed E-state index contributed by atoms with van der Waals surface area (Å²) in [5, 5.41) is 7.23. The predicted octanol–water partition coefficient (Wildman–Crippen LogP) is 3.74. The summed E-state index contributed by atoms with van der Waals surface area (Å²) in [5.41, 5.74) is 3.94. The molecule has 1 N–H and O–H groups in total. The number of methoxy groups -OCH3 is 2. The van der Waals surface area contributed by atoms with Crippen LogP contribution in [0.25, 0.3) is 11.3 Å². The number of hydrogen-bond acceptors (Lipinski definition) is 5. The van der Waals surface area contributed by atoms with Crippen LogP contribution >= 0.6 is 0 Å². The molecule has 156 valence electrons. The van der Waals surface area contributed by atoms with Crippen molar-refractivity contribution in [3.63, 3.8) is 0 Å². The Morgan fingerprint density at radius 3 is 2.43 bits per heavy atom. The number of amides is 1. The second-order valence-electron chi connectivity index (χ2n) is 7.03. The van der Waals surface area contributed by atoms with Crippen molar-refractivity contribution in [1.82, 2.24) is 9.78 Å². The first kappa shape index (κ1) is 21.1. The molecule has 3 aromatic rings. The molecule has 0 aliphatic heterocycles. The van der Waals surface area contributed by atoms with Crippen molar-refractivity contribution in [2.75, 3.05) is 19.5 Å². The van der Waals surface area contributed by atoms with Crippen LogP contribution in [0.4, 0.5) is 5.69 Å². The molecule has 1 amide bonds. The molecule has 30 heavy (non-hydrogen) atoms. The molecule has 0 fully saturated rings. The van der Waals surface area contributed by atoms with Crippen molar-refractivity contribution < 1.29 is 14.3 Å². The normalized spacial score (nSPS) is 11.6. The van der Waals surface area contributed by atoms with E-state index in [0.717, 1.165) is 11.1 Å². The minimum absolute atomic E-state index is 0.355. The topological polar surface area (TPSA) is 82.5 Å². The standard InChI is InChI=1S/C23H25N3O4/c1-14-6-7-17(12-15(14)2)19-10-11-22(27)26(25-19)16(3)23(28)24-20-9-8-18(29-4)13-21(20)30-5/h6-13,16H,1-5H3,(H,24,28). The van der Waals surface area contributed by atoms with Crippen LogP contribution in [-0.2, 0) is 4.79 Å². The highest BCUT2D eigenvalue weighted by Crippen LogP contribution is 2.29. The fourth-order valence-electron chi connectivity index (χ4n) is 3.01. The average molecular weight is 407 g/mol. The van der Waals surface area contributed by atoms with Gasteiger partial charge in [0.1, 0.15) is 17.5 Å². The van der Waals surface area contributed by atoms with Crippen molar-refractivity contribution in [1.29, 1.82) is 0 Å². The second kappa shape index (κ2) is 8.82. The molecule has 0 radical (unpaired) electrons. The monoisotopic (exact) mass is 407 g/mol. The highest BCUT2D eigenvalue weighted by molar-refractivity contribution is 5.94. The fourth-order valence-corrected chi connectivity index (χ4v) is 3.01. The maximum Gasteiger partial charge on any atom is 0.267 e. The maximum absolute atomic E-state index is 12.8. The Labute approximate surface area is 175 Å². The van der Waals surface area contributed by atoms with Crippen LogP contribution in [0.15, 0.2) is 53.3 Å². The number of carbonyl (C=O) groups is 1. The molecule has 1 unspecified atom stereocenters. The van der Waals surface area contributed by atoms with E-state index in [0.29, 0.717) is 22.9 Å². The van der Waals surface area contributed by atoms with Gasteiger partial charge in [-0.2, -0.15) is 5.10 Å². The minimum Gasteiger partial charge on any atom is -0.497 e. The first-order valence-electron chi connectivity index (χ1n) is 9.54. The quantitative estimate of drug-likeness (QED) is 0.673. The van der Waals surface area contributed by atoms with E-state index < -0.39 is 6.04 Å². The van der Waals surface area contributed by atoms with E-state index in [2.05, 4.69) is 10.4 Å². The van der Waals surface area contributed by atoms with Gasteiger partial charge in [-0.25, -0.2) is 4.68 Å². The Morgan fingerprint density at radius 1 is 1.00 bits per heavy atom. The van der Waals surface area contributed by atoms with E-state index in [-0.39, 0.29) is 11.5 Å². The summed E-state index contributed by atoms with van der Waals surface area (Å²) in [6.45, 7) is 5.68. The number of anilines is 1. The molecule has 0 saturated carbocycles. The van der Waals surface area contributed by atoms with Crippen LogP contribution in [-0.4, -0.2) is 29.9 Å². The Kier molecular flexibility index (Phi) is 6.20. The van der Waals surface area contributed by atoms with Gasteiger partial charge in [0, 0.05) is 17.7 Å². The molecule has 7 heteroatoms. The lowest BCUT2D eigenvalue weighted by molar-refractivity contribution is -0.119. The molecule has 7 nitrogen and oxygen atoms in total. The molecular weight excluding hydrogens is 382 g/mol. The first-order valence-corrected chi connectivity index (χ1v) is 9.54. The molecule has 1 heterocycles. The molecule has 1 atom stereocenters. The van der Waals surface area contributed by atoms with Gasteiger partial charge in [-0.3, -0.25) is 9.59 Å². The Morgan fingerprint density at radius 2 is 1.77 bits per heavy atom. The van der Waals surface area contributed by atoms with Gasteiger partial charge < -0.3 is 14.8 Å². The van der Waals surface area contributed by atoms with Crippen LogP contribution in [0.2, 0.25) is 0 Å². The molecule has 0 saturated heterocycles.